The standard InChI is InChI=1S/C21H21Cl2N3O4/c22-13-3-4-14(21(28)26-5-1-2-6-26)16(9-13)24-12-20(27)25-17-11-19-18(10-15(17)23)29-7-8-30-19/h3-4,9-11,24H,1-2,5-8,12H2,(H,25,27). The molecule has 30 heavy (non-hydrogen) atoms. The number of hydrogen-bond donors (Lipinski definition) is 2. The summed E-state index contributed by atoms with van der Waals surface area (Å²) in [7, 11) is 0. The minimum atomic E-state index is -0.326. The van der Waals surface area contributed by atoms with E-state index in [0.717, 1.165) is 25.9 Å². The molecule has 0 radical (unpaired) electrons. The number of carbonyl (C=O) groups is 2. The van der Waals surface area contributed by atoms with Crippen molar-refractivity contribution in [2.45, 2.75) is 12.8 Å². The molecule has 0 aliphatic carbocycles. The van der Waals surface area contributed by atoms with Crippen LogP contribution in [-0.4, -0.2) is 49.6 Å². The molecule has 0 spiro atoms. The van der Waals surface area contributed by atoms with Crippen molar-refractivity contribution in [1.29, 1.82) is 0 Å². The molecule has 2 aliphatic rings. The van der Waals surface area contributed by atoms with E-state index in [1.165, 1.54) is 0 Å². The van der Waals surface area contributed by atoms with Crippen molar-refractivity contribution in [3.05, 3.63) is 45.9 Å². The predicted molar refractivity (Wildman–Crippen MR) is 116 cm³/mol. The fourth-order valence-corrected chi connectivity index (χ4v) is 3.84. The lowest BCUT2D eigenvalue weighted by Crippen LogP contribution is -2.29. The van der Waals surface area contributed by atoms with Crippen LogP contribution in [0.3, 0.4) is 0 Å². The highest BCUT2D eigenvalue weighted by Gasteiger charge is 2.22. The highest BCUT2D eigenvalue weighted by Crippen LogP contribution is 2.38. The molecule has 158 valence electrons. The SMILES string of the molecule is O=C(CNc1cc(Cl)ccc1C(=O)N1CCCC1)Nc1cc2c(cc1Cl)OCCO2. The van der Waals surface area contributed by atoms with Gasteiger partial charge in [0.25, 0.3) is 5.91 Å². The molecule has 9 heteroatoms. The maximum Gasteiger partial charge on any atom is 0.255 e. The molecule has 1 saturated heterocycles. The van der Waals surface area contributed by atoms with E-state index in [1.807, 2.05) is 4.90 Å². The van der Waals surface area contributed by atoms with Crippen molar-refractivity contribution < 1.29 is 19.1 Å². The zero-order valence-electron chi connectivity index (χ0n) is 16.2. The van der Waals surface area contributed by atoms with E-state index in [2.05, 4.69) is 10.6 Å². The molecule has 4 rings (SSSR count). The Balaban J connectivity index is 1.44. The molecule has 2 N–H and O–H groups in total. The Morgan fingerprint density at radius 2 is 1.67 bits per heavy atom. The van der Waals surface area contributed by atoms with Crippen molar-refractivity contribution >= 4 is 46.4 Å². The number of carbonyl (C=O) groups excluding carboxylic acids is 2. The van der Waals surface area contributed by atoms with Crippen molar-refractivity contribution in [3.8, 4) is 11.5 Å². The maximum atomic E-state index is 12.8. The van der Waals surface area contributed by atoms with E-state index in [-0.39, 0.29) is 18.4 Å². The molecular formula is C21H21Cl2N3O4. The van der Waals surface area contributed by atoms with Gasteiger partial charge in [0.15, 0.2) is 11.5 Å². The zero-order valence-corrected chi connectivity index (χ0v) is 17.7. The van der Waals surface area contributed by atoms with Gasteiger partial charge in [-0.1, -0.05) is 23.2 Å². The summed E-state index contributed by atoms with van der Waals surface area (Å²) in [6.45, 7) is 2.31. The Bertz CT molecular complexity index is 977. The number of fused-ring (bicyclic) bond motifs is 1. The van der Waals surface area contributed by atoms with E-state index >= 15 is 0 Å². The minimum absolute atomic E-state index is 0.0641. The molecule has 1 fully saturated rings. The van der Waals surface area contributed by atoms with Crippen LogP contribution in [0.25, 0.3) is 0 Å². The smallest absolute Gasteiger partial charge is 0.255 e. The lowest BCUT2D eigenvalue weighted by atomic mass is 10.1. The van der Waals surface area contributed by atoms with Gasteiger partial charge in [-0.25, -0.2) is 0 Å². The normalized spacial score (nSPS) is 15.1. The Morgan fingerprint density at radius 1 is 0.967 bits per heavy atom. The summed E-state index contributed by atoms with van der Waals surface area (Å²) in [6.07, 6.45) is 2.00. The van der Waals surface area contributed by atoms with Crippen LogP contribution >= 0.6 is 23.2 Å². The Kier molecular flexibility index (Phi) is 6.20. The lowest BCUT2D eigenvalue weighted by molar-refractivity contribution is -0.114. The molecule has 0 atom stereocenters. The van der Waals surface area contributed by atoms with E-state index in [1.54, 1.807) is 30.3 Å². The molecule has 2 amide bonds. The number of hydrogen-bond acceptors (Lipinski definition) is 5. The van der Waals surface area contributed by atoms with Crippen LogP contribution in [0.5, 0.6) is 11.5 Å². The number of ether oxygens (including phenoxy) is 2. The van der Waals surface area contributed by atoms with E-state index in [0.29, 0.717) is 51.7 Å². The third-order valence-corrected chi connectivity index (χ3v) is 5.50. The van der Waals surface area contributed by atoms with Gasteiger partial charge in [-0.3, -0.25) is 9.59 Å². The zero-order chi connectivity index (χ0) is 21.1. The van der Waals surface area contributed by atoms with Crippen LogP contribution in [0.1, 0.15) is 23.2 Å². The van der Waals surface area contributed by atoms with Crippen LogP contribution in [-0.2, 0) is 4.79 Å². The van der Waals surface area contributed by atoms with E-state index in [4.69, 9.17) is 32.7 Å². The maximum absolute atomic E-state index is 12.8. The van der Waals surface area contributed by atoms with Crippen LogP contribution < -0.4 is 20.1 Å². The summed E-state index contributed by atoms with van der Waals surface area (Å²) in [4.78, 5) is 27.1. The van der Waals surface area contributed by atoms with Crippen molar-refractivity contribution in [3.63, 3.8) is 0 Å². The quantitative estimate of drug-likeness (QED) is 0.719. The number of likely N-dealkylation sites (tertiary alicyclic amines) is 1. The van der Waals surface area contributed by atoms with Crippen molar-refractivity contribution in [2.24, 2.45) is 0 Å². The molecule has 0 aromatic heterocycles. The summed E-state index contributed by atoms with van der Waals surface area (Å²) in [5, 5.41) is 6.59. The number of anilines is 2. The molecule has 0 saturated carbocycles. The van der Waals surface area contributed by atoms with Gasteiger partial charge in [-0.05, 0) is 31.0 Å². The van der Waals surface area contributed by atoms with Gasteiger partial charge in [0, 0.05) is 35.9 Å². The van der Waals surface area contributed by atoms with Gasteiger partial charge in [0.05, 0.1) is 22.8 Å². The number of amides is 2. The second-order valence-electron chi connectivity index (χ2n) is 7.07. The molecule has 2 aromatic rings. The molecular weight excluding hydrogens is 429 g/mol. The fraction of sp³-hybridized carbons (Fsp3) is 0.333. The number of nitrogens with one attached hydrogen (secondary N) is 2. The molecule has 2 aromatic carbocycles. The first kappa shape index (κ1) is 20.6. The summed E-state index contributed by atoms with van der Waals surface area (Å²) >= 11 is 12.4. The van der Waals surface area contributed by atoms with Crippen LogP contribution in [0.4, 0.5) is 11.4 Å². The second kappa shape index (κ2) is 9.02. The number of benzene rings is 2. The van der Waals surface area contributed by atoms with E-state index in [9.17, 15) is 9.59 Å². The highest BCUT2D eigenvalue weighted by molar-refractivity contribution is 6.34. The Labute approximate surface area is 184 Å². The predicted octanol–water partition coefficient (Wildman–Crippen LogP) is 4.05. The second-order valence-corrected chi connectivity index (χ2v) is 7.91. The van der Waals surface area contributed by atoms with Crippen LogP contribution in [0, 0.1) is 0 Å². The average molecular weight is 450 g/mol. The monoisotopic (exact) mass is 449 g/mol. The van der Waals surface area contributed by atoms with Gasteiger partial charge < -0.3 is 25.0 Å². The Hall–Kier alpha value is -2.64. The summed E-state index contributed by atoms with van der Waals surface area (Å²) in [5.41, 5.74) is 1.43. The summed E-state index contributed by atoms with van der Waals surface area (Å²) < 4.78 is 11.0. The van der Waals surface area contributed by atoms with Crippen molar-refractivity contribution in [2.75, 3.05) is 43.5 Å². The third kappa shape index (κ3) is 4.57. The lowest BCUT2D eigenvalue weighted by Gasteiger charge is -2.20. The molecule has 0 bridgehead atoms. The number of halogens is 2. The molecule has 2 aliphatic heterocycles. The summed E-state index contributed by atoms with van der Waals surface area (Å²) in [5.74, 6) is 0.684. The highest BCUT2D eigenvalue weighted by atomic mass is 35.5. The van der Waals surface area contributed by atoms with Crippen LogP contribution in [0.15, 0.2) is 30.3 Å². The minimum Gasteiger partial charge on any atom is -0.486 e. The first-order valence-electron chi connectivity index (χ1n) is 9.73. The van der Waals surface area contributed by atoms with Gasteiger partial charge in [-0.2, -0.15) is 0 Å². The number of rotatable bonds is 5. The van der Waals surface area contributed by atoms with Gasteiger partial charge >= 0.3 is 0 Å². The topological polar surface area (TPSA) is 79.9 Å². The molecule has 2 heterocycles. The molecule has 7 nitrogen and oxygen atoms in total. The van der Waals surface area contributed by atoms with Gasteiger partial charge in [-0.15, -0.1) is 0 Å². The van der Waals surface area contributed by atoms with Gasteiger partial charge in [0.2, 0.25) is 5.91 Å². The summed E-state index contributed by atoms with van der Waals surface area (Å²) in [6, 6.07) is 8.25. The number of nitrogens with zero attached hydrogens (tertiary/aromatic N) is 1. The van der Waals surface area contributed by atoms with Crippen LogP contribution in [0.2, 0.25) is 10.0 Å². The van der Waals surface area contributed by atoms with E-state index < -0.39 is 0 Å². The van der Waals surface area contributed by atoms with Crippen molar-refractivity contribution in [1.82, 2.24) is 4.90 Å². The molecule has 0 unspecified atom stereocenters. The largest absolute Gasteiger partial charge is 0.486 e. The average Bonchev–Trinajstić information content (AvgIpc) is 3.27. The van der Waals surface area contributed by atoms with Gasteiger partial charge in [0.1, 0.15) is 13.2 Å². The first-order chi connectivity index (χ1) is 14.5. The Morgan fingerprint density at radius 3 is 2.40 bits per heavy atom. The fourth-order valence-electron chi connectivity index (χ4n) is 3.47. The third-order valence-electron chi connectivity index (χ3n) is 4.95. The first-order valence-corrected chi connectivity index (χ1v) is 10.5.